The molecule has 3 atom stereocenters. The molecule has 3 N–H and O–H groups in total. The second-order valence-corrected chi connectivity index (χ2v) is 11.0. The lowest BCUT2D eigenvalue weighted by molar-refractivity contribution is -0.155. The van der Waals surface area contributed by atoms with Crippen molar-refractivity contribution < 1.29 is 24.3 Å². The van der Waals surface area contributed by atoms with E-state index in [0.29, 0.717) is 36.3 Å². The second-order valence-electron chi connectivity index (χ2n) is 11.0. The molecule has 37 heavy (non-hydrogen) atoms. The largest absolute Gasteiger partial charge is 0.497 e. The Kier molecular flexibility index (Phi) is 11.0. The highest BCUT2D eigenvalue weighted by Crippen LogP contribution is 2.31. The van der Waals surface area contributed by atoms with E-state index in [2.05, 4.69) is 24.5 Å². The number of hydrogen-bond acceptors (Lipinski definition) is 6. The van der Waals surface area contributed by atoms with Gasteiger partial charge in [0.2, 0.25) is 18.2 Å². The van der Waals surface area contributed by atoms with Crippen LogP contribution in [0.2, 0.25) is 0 Å². The number of carbonyl (C=O) groups is 3. The van der Waals surface area contributed by atoms with Crippen LogP contribution in [0.4, 0.5) is 5.69 Å². The van der Waals surface area contributed by atoms with Gasteiger partial charge in [0, 0.05) is 24.3 Å². The molecule has 1 aliphatic carbocycles. The van der Waals surface area contributed by atoms with E-state index >= 15 is 0 Å². The summed E-state index contributed by atoms with van der Waals surface area (Å²) in [6.45, 7) is 4.82. The number of carbonyl (C=O) groups excluding carboxylic acids is 3. The fourth-order valence-corrected chi connectivity index (χ4v) is 5.79. The Bertz CT molecular complexity index is 872. The molecule has 9 nitrogen and oxygen atoms in total. The van der Waals surface area contributed by atoms with Gasteiger partial charge in [0.05, 0.1) is 26.1 Å². The minimum atomic E-state index is -0.531. The average Bonchev–Trinajstić information content (AvgIpc) is 3.40. The SMILES string of the molecule is COc1ccc(NC2CCN(C(=O)CNC(=O)C(CC3CCCC3)CN(O)C=O)C(CC(C)C)C2)cc1. The van der Waals surface area contributed by atoms with Crippen molar-refractivity contribution in [2.24, 2.45) is 17.8 Å². The normalized spacial score (nSPS) is 20.9. The Balaban J connectivity index is 1.56. The Labute approximate surface area is 220 Å². The maximum absolute atomic E-state index is 13.2. The van der Waals surface area contributed by atoms with E-state index in [-0.39, 0.29) is 37.0 Å². The summed E-state index contributed by atoms with van der Waals surface area (Å²) in [5, 5.41) is 16.6. The number of nitrogens with zero attached hydrogens (tertiary/aromatic N) is 2. The molecule has 2 aliphatic rings. The second kappa shape index (κ2) is 14.2. The topological polar surface area (TPSA) is 111 Å². The molecule has 0 aromatic heterocycles. The van der Waals surface area contributed by atoms with Gasteiger partial charge in [-0.2, -0.15) is 0 Å². The minimum Gasteiger partial charge on any atom is -0.497 e. The lowest BCUT2D eigenvalue weighted by Crippen LogP contribution is -2.53. The maximum Gasteiger partial charge on any atom is 0.242 e. The lowest BCUT2D eigenvalue weighted by atomic mass is 9.90. The monoisotopic (exact) mass is 516 g/mol. The van der Waals surface area contributed by atoms with E-state index in [1.807, 2.05) is 29.2 Å². The van der Waals surface area contributed by atoms with Gasteiger partial charge < -0.3 is 20.3 Å². The average molecular weight is 517 g/mol. The zero-order chi connectivity index (χ0) is 26.8. The quantitative estimate of drug-likeness (QED) is 0.210. The molecule has 0 radical (unpaired) electrons. The first-order valence-electron chi connectivity index (χ1n) is 13.7. The molecule has 1 aromatic rings. The van der Waals surface area contributed by atoms with E-state index in [1.54, 1.807) is 7.11 Å². The highest BCUT2D eigenvalue weighted by molar-refractivity contribution is 5.86. The van der Waals surface area contributed by atoms with Crippen LogP contribution in [0.5, 0.6) is 5.75 Å². The number of piperidine rings is 1. The van der Waals surface area contributed by atoms with E-state index in [9.17, 15) is 19.6 Å². The first-order valence-corrected chi connectivity index (χ1v) is 13.7. The van der Waals surface area contributed by atoms with E-state index < -0.39 is 5.92 Å². The van der Waals surface area contributed by atoms with Crippen molar-refractivity contribution in [1.82, 2.24) is 15.3 Å². The van der Waals surface area contributed by atoms with Crippen LogP contribution >= 0.6 is 0 Å². The highest BCUT2D eigenvalue weighted by Gasteiger charge is 2.33. The van der Waals surface area contributed by atoms with Gasteiger partial charge in [-0.15, -0.1) is 0 Å². The first-order chi connectivity index (χ1) is 17.8. The van der Waals surface area contributed by atoms with Crippen molar-refractivity contribution in [1.29, 1.82) is 0 Å². The summed E-state index contributed by atoms with van der Waals surface area (Å²) >= 11 is 0. The molecule has 3 rings (SSSR count). The number of nitrogens with one attached hydrogen (secondary N) is 2. The molecule has 0 bridgehead atoms. The van der Waals surface area contributed by atoms with Crippen molar-refractivity contribution in [3.05, 3.63) is 24.3 Å². The summed E-state index contributed by atoms with van der Waals surface area (Å²) in [6, 6.07) is 8.21. The fraction of sp³-hybridized carbons (Fsp3) is 0.679. The third-order valence-electron chi connectivity index (χ3n) is 7.65. The number of anilines is 1. The Hall–Kier alpha value is -2.81. The highest BCUT2D eigenvalue weighted by atomic mass is 16.5. The minimum absolute atomic E-state index is 0.0571. The van der Waals surface area contributed by atoms with Gasteiger partial charge in [0.1, 0.15) is 5.75 Å². The zero-order valence-electron chi connectivity index (χ0n) is 22.5. The summed E-state index contributed by atoms with van der Waals surface area (Å²) in [4.78, 5) is 39.1. The standard InChI is InChI=1S/C28H44N4O5/c1-20(2)14-25-16-24(30-23-8-10-26(37-3)11-9-23)12-13-32(25)27(34)17-29-28(35)22(18-31(36)19-33)15-21-6-4-5-7-21/h8-11,19-22,24-25,30,36H,4-7,12-18H2,1-3H3,(H,29,35). The van der Waals surface area contributed by atoms with Crippen LogP contribution in [-0.4, -0.2) is 72.2 Å². The molecule has 3 unspecified atom stereocenters. The van der Waals surface area contributed by atoms with Gasteiger partial charge in [-0.1, -0.05) is 39.5 Å². The van der Waals surface area contributed by atoms with Gasteiger partial charge in [-0.3, -0.25) is 19.6 Å². The number of hydroxylamine groups is 2. The number of ether oxygens (including phenoxy) is 1. The van der Waals surface area contributed by atoms with Gasteiger partial charge in [-0.25, -0.2) is 5.06 Å². The molecule has 3 amide bonds. The lowest BCUT2D eigenvalue weighted by Gasteiger charge is -2.41. The Morgan fingerprint density at radius 1 is 1.16 bits per heavy atom. The summed E-state index contributed by atoms with van der Waals surface area (Å²) < 4.78 is 5.24. The third-order valence-corrected chi connectivity index (χ3v) is 7.65. The molecule has 1 saturated heterocycles. The molecule has 206 valence electrons. The molecule has 9 heteroatoms. The summed E-state index contributed by atoms with van der Waals surface area (Å²) in [5.74, 6) is 0.768. The van der Waals surface area contributed by atoms with E-state index in [4.69, 9.17) is 4.74 Å². The van der Waals surface area contributed by atoms with Gasteiger partial charge in [0.25, 0.3) is 0 Å². The van der Waals surface area contributed by atoms with Crippen LogP contribution < -0.4 is 15.4 Å². The summed E-state index contributed by atoms with van der Waals surface area (Å²) in [5.41, 5.74) is 1.03. The molecule has 0 spiro atoms. The molecule has 1 aromatic carbocycles. The predicted molar refractivity (Wildman–Crippen MR) is 142 cm³/mol. The van der Waals surface area contributed by atoms with Crippen molar-refractivity contribution >= 4 is 23.9 Å². The molecule has 1 heterocycles. The smallest absolute Gasteiger partial charge is 0.242 e. The molecular formula is C28H44N4O5. The van der Waals surface area contributed by atoms with E-state index in [1.165, 1.54) is 0 Å². The van der Waals surface area contributed by atoms with E-state index in [0.717, 1.165) is 56.4 Å². The van der Waals surface area contributed by atoms with Crippen LogP contribution in [-0.2, 0) is 14.4 Å². The summed E-state index contributed by atoms with van der Waals surface area (Å²) in [7, 11) is 1.65. The van der Waals surface area contributed by atoms with Crippen LogP contribution in [0.25, 0.3) is 0 Å². The fourth-order valence-electron chi connectivity index (χ4n) is 5.79. The third kappa shape index (κ3) is 8.91. The molecule has 1 aliphatic heterocycles. The maximum atomic E-state index is 13.2. The summed E-state index contributed by atoms with van der Waals surface area (Å²) in [6.07, 6.45) is 7.91. The van der Waals surface area contributed by atoms with Crippen molar-refractivity contribution in [3.63, 3.8) is 0 Å². The number of likely N-dealkylation sites (tertiary alicyclic amines) is 1. The van der Waals surface area contributed by atoms with Crippen molar-refractivity contribution in [2.75, 3.05) is 32.1 Å². The first kappa shape index (κ1) is 28.8. The predicted octanol–water partition coefficient (Wildman–Crippen LogP) is 3.67. The van der Waals surface area contributed by atoms with Crippen LogP contribution in [0, 0.1) is 17.8 Å². The Morgan fingerprint density at radius 2 is 1.86 bits per heavy atom. The van der Waals surface area contributed by atoms with Gasteiger partial charge in [-0.05, 0) is 61.8 Å². The van der Waals surface area contributed by atoms with Crippen LogP contribution in [0.15, 0.2) is 24.3 Å². The zero-order valence-corrected chi connectivity index (χ0v) is 22.5. The molecule has 1 saturated carbocycles. The molecular weight excluding hydrogens is 472 g/mol. The van der Waals surface area contributed by atoms with Crippen molar-refractivity contribution in [3.8, 4) is 5.75 Å². The number of hydrogen-bond donors (Lipinski definition) is 3. The number of rotatable bonds is 13. The molecule has 2 fully saturated rings. The van der Waals surface area contributed by atoms with Crippen LogP contribution in [0.3, 0.4) is 0 Å². The number of benzene rings is 1. The Morgan fingerprint density at radius 3 is 2.49 bits per heavy atom. The van der Waals surface area contributed by atoms with Crippen molar-refractivity contribution in [2.45, 2.75) is 77.3 Å². The van der Waals surface area contributed by atoms with Gasteiger partial charge >= 0.3 is 0 Å². The van der Waals surface area contributed by atoms with Crippen LogP contribution in [0.1, 0.15) is 65.2 Å². The number of methoxy groups -OCH3 is 1. The number of amides is 3. The van der Waals surface area contributed by atoms with Gasteiger partial charge in [0.15, 0.2) is 0 Å².